The van der Waals surface area contributed by atoms with Gasteiger partial charge in [0.05, 0.1) is 5.69 Å². The average molecular weight is 207 g/mol. The summed E-state index contributed by atoms with van der Waals surface area (Å²) < 4.78 is 0. The summed E-state index contributed by atoms with van der Waals surface area (Å²) in [4.78, 5) is 4.24. The standard InChI is InChI=1S/C12H21N3/c1-12(2,13)7-5-8-14-10-11-6-3-4-9-15-11/h3-4,6,9,14H,5,7-8,10,13H2,1-2H3. The molecule has 0 bridgehead atoms. The second-order valence-electron chi connectivity index (χ2n) is 4.59. The molecule has 1 aromatic heterocycles. The maximum atomic E-state index is 5.89. The van der Waals surface area contributed by atoms with Crippen molar-refractivity contribution in [3.63, 3.8) is 0 Å². The van der Waals surface area contributed by atoms with Gasteiger partial charge in [0.15, 0.2) is 0 Å². The molecule has 15 heavy (non-hydrogen) atoms. The van der Waals surface area contributed by atoms with Crippen molar-refractivity contribution in [3.05, 3.63) is 30.1 Å². The van der Waals surface area contributed by atoms with Crippen LogP contribution in [0.4, 0.5) is 0 Å². The number of nitrogens with two attached hydrogens (primary N) is 1. The van der Waals surface area contributed by atoms with Crippen LogP contribution in [0.1, 0.15) is 32.4 Å². The van der Waals surface area contributed by atoms with Crippen molar-refractivity contribution >= 4 is 0 Å². The first-order valence-corrected chi connectivity index (χ1v) is 5.47. The third-order valence-electron chi connectivity index (χ3n) is 2.21. The lowest BCUT2D eigenvalue weighted by Crippen LogP contribution is -2.32. The number of pyridine rings is 1. The summed E-state index contributed by atoms with van der Waals surface area (Å²) in [6.07, 6.45) is 3.97. The first kappa shape index (κ1) is 12.1. The molecule has 0 atom stereocenters. The van der Waals surface area contributed by atoms with Crippen molar-refractivity contribution in [3.8, 4) is 0 Å². The Kier molecular flexibility index (Phi) is 4.72. The fourth-order valence-electron chi connectivity index (χ4n) is 1.39. The molecule has 0 aromatic carbocycles. The van der Waals surface area contributed by atoms with Crippen LogP contribution in [0.5, 0.6) is 0 Å². The summed E-state index contributed by atoms with van der Waals surface area (Å²) in [7, 11) is 0. The third kappa shape index (κ3) is 6.20. The highest BCUT2D eigenvalue weighted by atomic mass is 14.9. The van der Waals surface area contributed by atoms with E-state index in [-0.39, 0.29) is 5.54 Å². The number of aromatic nitrogens is 1. The van der Waals surface area contributed by atoms with Crippen molar-refractivity contribution in [2.24, 2.45) is 5.73 Å². The minimum atomic E-state index is -0.0489. The van der Waals surface area contributed by atoms with E-state index in [1.807, 2.05) is 24.4 Å². The van der Waals surface area contributed by atoms with Crippen LogP contribution in [0.2, 0.25) is 0 Å². The number of nitrogens with zero attached hydrogens (tertiary/aromatic N) is 1. The monoisotopic (exact) mass is 207 g/mol. The van der Waals surface area contributed by atoms with Crippen LogP contribution >= 0.6 is 0 Å². The molecule has 3 nitrogen and oxygen atoms in total. The predicted octanol–water partition coefficient (Wildman–Crippen LogP) is 1.69. The minimum Gasteiger partial charge on any atom is -0.326 e. The Morgan fingerprint density at radius 1 is 1.40 bits per heavy atom. The predicted molar refractivity (Wildman–Crippen MR) is 63.4 cm³/mol. The van der Waals surface area contributed by atoms with Gasteiger partial charge in [0.25, 0.3) is 0 Å². The van der Waals surface area contributed by atoms with Gasteiger partial charge < -0.3 is 11.1 Å². The van der Waals surface area contributed by atoms with Crippen LogP contribution in [0.3, 0.4) is 0 Å². The molecule has 0 aliphatic rings. The molecule has 0 amide bonds. The van der Waals surface area contributed by atoms with E-state index in [0.29, 0.717) is 0 Å². The number of hydrogen-bond donors (Lipinski definition) is 2. The summed E-state index contributed by atoms with van der Waals surface area (Å²) >= 11 is 0. The van der Waals surface area contributed by atoms with Gasteiger partial charge in [-0.15, -0.1) is 0 Å². The molecule has 84 valence electrons. The maximum absolute atomic E-state index is 5.89. The first-order chi connectivity index (χ1) is 7.08. The topological polar surface area (TPSA) is 50.9 Å². The van der Waals surface area contributed by atoms with Gasteiger partial charge in [-0.05, 0) is 45.4 Å². The molecule has 0 aliphatic heterocycles. The molecule has 0 fully saturated rings. The van der Waals surface area contributed by atoms with Crippen LogP contribution < -0.4 is 11.1 Å². The second-order valence-corrected chi connectivity index (χ2v) is 4.59. The Balaban J connectivity index is 2.08. The average Bonchev–Trinajstić information content (AvgIpc) is 2.17. The fraction of sp³-hybridized carbons (Fsp3) is 0.583. The van der Waals surface area contributed by atoms with Crippen LogP contribution in [0.25, 0.3) is 0 Å². The molecule has 0 unspecified atom stereocenters. The zero-order valence-corrected chi connectivity index (χ0v) is 9.66. The van der Waals surface area contributed by atoms with Gasteiger partial charge in [-0.25, -0.2) is 0 Å². The zero-order chi connectivity index (χ0) is 11.1. The van der Waals surface area contributed by atoms with Crippen molar-refractivity contribution in [2.45, 2.75) is 38.8 Å². The van der Waals surface area contributed by atoms with E-state index in [4.69, 9.17) is 5.73 Å². The Hall–Kier alpha value is -0.930. The Morgan fingerprint density at radius 2 is 2.20 bits per heavy atom. The van der Waals surface area contributed by atoms with Crippen molar-refractivity contribution in [2.75, 3.05) is 6.54 Å². The van der Waals surface area contributed by atoms with Crippen molar-refractivity contribution in [1.29, 1.82) is 0 Å². The summed E-state index contributed by atoms with van der Waals surface area (Å²) in [6.45, 7) is 5.96. The largest absolute Gasteiger partial charge is 0.326 e. The Morgan fingerprint density at radius 3 is 2.80 bits per heavy atom. The van der Waals surface area contributed by atoms with E-state index in [2.05, 4.69) is 24.1 Å². The lowest BCUT2D eigenvalue weighted by Gasteiger charge is -2.17. The van der Waals surface area contributed by atoms with E-state index in [0.717, 1.165) is 31.6 Å². The first-order valence-electron chi connectivity index (χ1n) is 5.47. The summed E-state index contributed by atoms with van der Waals surface area (Å²) in [5.74, 6) is 0. The zero-order valence-electron chi connectivity index (χ0n) is 9.66. The summed E-state index contributed by atoms with van der Waals surface area (Å²) in [5.41, 5.74) is 6.93. The van der Waals surface area contributed by atoms with Gasteiger partial charge in [0.1, 0.15) is 0 Å². The van der Waals surface area contributed by atoms with Crippen LogP contribution in [-0.2, 0) is 6.54 Å². The van der Waals surface area contributed by atoms with Crippen LogP contribution in [0, 0.1) is 0 Å². The highest BCUT2D eigenvalue weighted by Gasteiger charge is 2.08. The molecule has 3 N–H and O–H groups in total. The molecule has 0 spiro atoms. The molecule has 1 rings (SSSR count). The Labute approximate surface area is 92.1 Å². The molecule has 0 radical (unpaired) electrons. The van der Waals surface area contributed by atoms with Crippen LogP contribution in [-0.4, -0.2) is 17.1 Å². The minimum absolute atomic E-state index is 0.0489. The highest BCUT2D eigenvalue weighted by molar-refractivity contribution is 5.02. The summed E-state index contributed by atoms with van der Waals surface area (Å²) in [5, 5.41) is 3.36. The Bertz CT molecular complexity index is 264. The molecule has 0 aliphatic carbocycles. The van der Waals surface area contributed by atoms with E-state index in [1.54, 1.807) is 0 Å². The van der Waals surface area contributed by atoms with Gasteiger partial charge in [-0.1, -0.05) is 6.07 Å². The molecule has 1 heterocycles. The van der Waals surface area contributed by atoms with Gasteiger partial charge in [-0.2, -0.15) is 0 Å². The molecular weight excluding hydrogens is 186 g/mol. The van der Waals surface area contributed by atoms with Crippen molar-refractivity contribution in [1.82, 2.24) is 10.3 Å². The van der Waals surface area contributed by atoms with Crippen molar-refractivity contribution < 1.29 is 0 Å². The van der Waals surface area contributed by atoms with Crippen LogP contribution in [0.15, 0.2) is 24.4 Å². The lowest BCUT2D eigenvalue weighted by atomic mass is 10.0. The summed E-state index contributed by atoms with van der Waals surface area (Å²) in [6, 6.07) is 5.97. The smallest absolute Gasteiger partial charge is 0.0541 e. The van der Waals surface area contributed by atoms with Gasteiger partial charge in [-0.3, -0.25) is 4.98 Å². The molecule has 0 saturated carbocycles. The fourth-order valence-corrected chi connectivity index (χ4v) is 1.39. The van der Waals surface area contributed by atoms with Gasteiger partial charge in [0, 0.05) is 18.3 Å². The normalized spacial score (nSPS) is 11.7. The van der Waals surface area contributed by atoms with E-state index >= 15 is 0 Å². The quantitative estimate of drug-likeness (QED) is 0.698. The van der Waals surface area contributed by atoms with E-state index in [1.165, 1.54) is 0 Å². The van der Waals surface area contributed by atoms with Gasteiger partial charge in [0.2, 0.25) is 0 Å². The van der Waals surface area contributed by atoms with E-state index < -0.39 is 0 Å². The SMILES string of the molecule is CC(C)(N)CCCNCc1ccccn1. The maximum Gasteiger partial charge on any atom is 0.0541 e. The highest BCUT2D eigenvalue weighted by Crippen LogP contribution is 2.05. The number of rotatable bonds is 6. The van der Waals surface area contributed by atoms with E-state index in [9.17, 15) is 0 Å². The molecule has 0 saturated heterocycles. The number of nitrogens with one attached hydrogen (secondary N) is 1. The third-order valence-corrected chi connectivity index (χ3v) is 2.21. The van der Waals surface area contributed by atoms with Gasteiger partial charge >= 0.3 is 0 Å². The molecule has 3 heteroatoms. The molecule has 1 aromatic rings. The lowest BCUT2D eigenvalue weighted by molar-refractivity contribution is 0.448. The molecular formula is C12H21N3. The number of hydrogen-bond acceptors (Lipinski definition) is 3. The second kappa shape index (κ2) is 5.83.